The first kappa shape index (κ1) is 60.8. The van der Waals surface area contributed by atoms with E-state index >= 15 is 0 Å². The summed E-state index contributed by atoms with van der Waals surface area (Å²) in [5.74, 6) is -0.307. The minimum atomic E-state index is -4.88. The van der Waals surface area contributed by atoms with Crippen molar-refractivity contribution in [1.29, 1.82) is 0 Å². The first-order chi connectivity index (χ1) is 30.1. The number of unbranched alkanes of at least 4 members (excludes halogenated alkanes) is 15. The van der Waals surface area contributed by atoms with Gasteiger partial charge in [0.15, 0.2) is 6.10 Å². The van der Waals surface area contributed by atoms with E-state index in [0.29, 0.717) is 25.7 Å². The van der Waals surface area contributed by atoms with Crippen molar-refractivity contribution < 1.29 is 66.7 Å². The van der Waals surface area contributed by atoms with Gasteiger partial charge in [0.1, 0.15) is 12.7 Å². The molecule has 0 saturated carbocycles. The Kier molecular flexibility index (Phi) is 39.8. The average Bonchev–Trinajstić information content (AvgIpc) is 3.23. The summed E-state index contributed by atoms with van der Waals surface area (Å²) in [6.45, 7) is 3.70. The molecule has 0 aliphatic rings. The number of carbonyl (C=O) groups excluding carboxylic acids is 2. The quantitative estimate of drug-likeness (QED) is 0.0126. The van der Waals surface area contributed by atoms with Crippen LogP contribution in [0.2, 0.25) is 0 Å². The molecular formula is C47H84O14P2. The molecule has 0 aromatic heterocycles. The molecule has 0 saturated heterocycles. The molecule has 4 atom stereocenters. The molecule has 0 spiro atoms. The lowest BCUT2D eigenvalue weighted by atomic mass is 10.0. The second-order valence-electron chi connectivity index (χ2n) is 16.3. The fourth-order valence-electron chi connectivity index (χ4n) is 6.05. The van der Waals surface area contributed by atoms with Crippen LogP contribution in [0.25, 0.3) is 0 Å². The normalized spacial score (nSPS) is 15.1. The molecule has 366 valence electrons. The number of carbonyl (C=O) groups is 2. The van der Waals surface area contributed by atoms with Gasteiger partial charge in [-0.25, -0.2) is 9.13 Å². The molecule has 16 heteroatoms. The van der Waals surface area contributed by atoms with Gasteiger partial charge in [-0.15, -0.1) is 0 Å². The number of phosphoric ester groups is 2. The summed E-state index contributed by atoms with van der Waals surface area (Å²) in [7, 11) is -9.71. The summed E-state index contributed by atoms with van der Waals surface area (Å²) >= 11 is 0. The summed E-state index contributed by atoms with van der Waals surface area (Å²) < 4.78 is 47.8. The number of esters is 2. The summed E-state index contributed by atoms with van der Waals surface area (Å²) in [6.07, 6.45) is 40.3. The van der Waals surface area contributed by atoms with E-state index in [1.54, 1.807) is 6.08 Å². The second-order valence-corrected chi connectivity index (χ2v) is 19.0. The van der Waals surface area contributed by atoms with Gasteiger partial charge < -0.3 is 34.4 Å². The fourth-order valence-corrected chi connectivity index (χ4v) is 7.21. The molecular weight excluding hydrogens is 850 g/mol. The molecule has 0 fully saturated rings. The highest BCUT2D eigenvalue weighted by atomic mass is 31.2. The summed E-state index contributed by atoms with van der Waals surface area (Å²) in [4.78, 5) is 52.8. The van der Waals surface area contributed by atoms with Crippen LogP contribution in [0.4, 0.5) is 0 Å². The Morgan fingerprint density at radius 1 is 0.556 bits per heavy atom. The lowest BCUT2D eigenvalue weighted by Crippen LogP contribution is -2.30. The summed E-state index contributed by atoms with van der Waals surface area (Å²) in [6, 6.07) is 0. The minimum Gasteiger partial charge on any atom is -0.462 e. The van der Waals surface area contributed by atoms with Crippen LogP contribution < -0.4 is 0 Å². The van der Waals surface area contributed by atoms with Crippen LogP contribution in [0.3, 0.4) is 0 Å². The highest BCUT2D eigenvalue weighted by Crippen LogP contribution is 2.43. The maximum Gasteiger partial charge on any atom is 0.472 e. The zero-order valence-corrected chi connectivity index (χ0v) is 40.5. The molecule has 5 N–H and O–H groups in total. The van der Waals surface area contributed by atoms with Crippen molar-refractivity contribution >= 4 is 27.6 Å². The Morgan fingerprint density at radius 3 is 1.57 bits per heavy atom. The van der Waals surface area contributed by atoms with Gasteiger partial charge in [-0.05, 0) is 50.9 Å². The number of phosphoric acid groups is 2. The van der Waals surface area contributed by atoms with E-state index in [2.05, 4.69) is 47.2 Å². The molecule has 0 amide bonds. The molecule has 14 nitrogen and oxygen atoms in total. The zero-order chi connectivity index (χ0) is 46.9. The van der Waals surface area contributed by atoms with Crippen molar-refractivity contribution in [3.05, 3.63) is 60.8 Å². The van der Waals surface area contributed by atoms with Crippen molar-refractivity contribution in [1.82, 2.24) is 0 Å². The largest absolute Gasteiger partial charge is 0.472 e. The number of hydrogen-bond donors (Lipinski definition) is 5. The third-order valence-corrected chi connectivity index (χ3v) is 11.2. The molecule has 0 bridgehead atoms. The van der Waals surface area contributed by atoms with Crippen LogP contribution in [0.5, 0.6) is 0 Å². The number of aliphatic hydroxyl groups excluding tert-OH is 2. The van der Waals surface area contributed by atoms with Gasteiger partial charge in [-0.2, -0.15) is 0 Å². The standard InChI is InChI=1S/C47H84O14P2/c1-4-43(48)35-31-27-23-19-15-11-8-9-12-16-20-24-28-32-36-46(50)57-40-45(41-60-63(55,56)59-39-44(49)38-58-62(52,53)54)61-47(51)37-33-29-25-21-17-13-7-5-6-10-14-18-22-26-30-34-42(2)3/h9,11-12,15,20,23-24,27,31,35,42-45,48-49H,4-8,10,13-14,16-19,21-22,25-26,28-30,32-34,36-41H2,1-3H3,(H,55,56)(H2,52,53,54)/b12-9-,15-11-,24-20-,27-23-,35-31+/t43-,44-,45+/m0/s1. The smallest absolute Gasteiger partial charge is 0.462 e. The Balaban J connectivity index is 4.56. The predicted octanol–water partition coefficient (Wildman–Crippen LogP) is 11.2. The van der Waals surface area contributed by atoms with Crippen LogP contribution in [0.15, 0.2) is 60.8 Å². The van der Waals surface area contributed by atoms with E-state index in [1.165, 1.54) is 77.0 Å². The van der Waals surface area contributed by atoms with Crippen LogP contribution in [-0.4, -0.2) is 81.6 Å². The number of hydrogen-bond acceptors (Lipinski definition) is 11. The first-order valence-electron chi connectivity index (χ1n) is 23.4. The van der Waals surface area contributed by atoms with Gasteiger partial charge in [-0.3, -0.25) is 23.2 Å². The molecule has 0 heterocycles. The first-order valence-corrected chi connectivity index (χ1v) is 26.5. The molecule has 0 aliphatic heterocycles. The minimum absolute atomic E-state index is 0.102. The topological polar surface area (TPSA) is 216 Å². The van der Waals surface area contributed by atoms with E-state index in [-0.39, 0.29) is 12.8 Å². The van der Waals surface area contributed by atoms with Gasteiger partial charge in [0.2, 0.25) is 0 Å². The Bertz CT molecular complexity index is 1370. The molecule has 0 radical (unpaired) electrons. The van der Waals surface area contributed by atoms with Gasteiger partial charge in [-0.1, -0.05) is 178 Å². The Morgan fingerprint density at radius 2 is 1.03 bits per heavy atom. The molecule has 0 rings (SSSR count). The molecule has 0 aromatic rings. The van der Waals surface area contributed by atoms with Crippen molar-refractivity contribution in [2.75, 3.05) is 26.4 Å². The van der Waals surface area contributed by atoms with Crippen LogP contribution in [0, 0.1) is 5.92 Å². The maximum absolute atomic E-state index is 12.7. The maximum atomic E-state index is 12.7. The SMILES string of the molecule is CC[C@H](O)/C=C/C=C\C/C=C\C/C=C\C/C=C\CCCC(=O)OC[C@H](COP(=O)(O)OC[C@@H](O)COP(=O)(O)O)OC(=O)CCCCCCCCCCCCCCCCCC(C)C. The molecule has 63 heavy (non-hydrogen) atoms. The number of ether oxygens (including phenoxy) is 2. The van der Waals surface area contributed by atoms with Crippen molar-refractivity contribution in [2.24, 2.45) is 5.92 Å². The van der Waals surface area contributed by atoms with Crippen molar-refractivity contribution in [2.45, 2.75) is 193 Å². The van der Waals surface area contributed by atoms with Crippen molar-refractivity contribution in [3.8, 4) is 0 Å². The van der Waals surface area contributed by atoms with E-state index in [1.807, 2.05) is 37.3 Å². The highest BCUT2D eigenvalue weighted by Gasteiger charge is 2.28. The van der Waals surface area contributed by atoms with Crippen LogP contribution in [0.1, 0.15) is 175 Å². The van der Waals surface area contributed by atoms with Gasteiger partial charge >= 0.3 is 27.6 Å². The van der Waals surface area contributed by atoms with E-state index < -0.39 is 72.3 Å². The van der Waals surface area contributed by atoms with Crippen LogP contribution >= 0.6 is 15.6 Å². The third-order valence-electron chi connectivity index (χ3n) is 9.75. The van der Waals surface area contributed by atoms with E-state index in [9.17, 15) is 33.8 Å². The lowest BCUT2D eigenvalue weighted by molar-refractivity contribution is -0.161. The molecule has 0 aromatic carbocycles. The fraction of sp³-hybridized carbons (Fsp3) is 0.745. The monoisotopic (exact) mass is 935 g/mol. The predicted molar refractivity (Wildman–Crippen MR) is 250 cm³/mol. The summed E-state index contributed by atoms with van der Waals surface area (Å²) in [5.41, 5.74) is 0. The molecule has 0 aliphatic carbocycles. The molecule has 1 unspecified atom stereocenters. The lowest BCUT2D eigenvalue weighted by Gasteiger charge is -2.20. The number of aliphatic hydroxyl groups is 2. The van der Waals surface area contributed by atoms with E-state index in [0.717, 1.165) is 44.4 Å². The van der Waals surface area contributed by atoms with Crippen LogP contribution in [-0.2, 0) is 41.8 Å². The third kappa shape index (κ3) is 46.1. The second kappa shape index (κ2) is 41.2. The van der Waals surface area contributed by atoms with Gasteiger partial charge in [0, 0.05) is 12.8 Å². The van der Waals surface area contributed by atoms with Gasteiger partial charge in [0.25, 0.3) is 0 Å². The Hall–Kier alpha value is -2.22. The zero-order valence-electron chi connectivity index (χ0n) is 38.7. The van der Waals surface area contributed by atoms with E-state index in [4.69, 9.17) is 23.8 Å². The Labute approximate surface area is 379 Å². The average molecular weight is 935 g/mol. The number of rotatable bonds is 43. The van der Waals surface area contributed by atoms with Crippen molar-refractivity contribution in [3.63, 3.8) is 0 Å². The summed E-state index contributed by atoms with van der Waals surface area (Å²) in [5, 5.41) is 19.2. The van der Waals surface area contributed by atoms with Gasteiger partial charge in [0.05, 0.1) is 25.9 Å². The number of allylic oxidation sites excluding steroid dienone is 9. The highest BCUT2D eigenvalue weighted by molar-refractivity contribution is 7.47.